The third-order valence-electron chi connectivity index (χ3n) is 17.9. The van der Waals surface area contributed by atoms with Crippen molar-refractivity contribution in [1.29, 1.82) is 0 Å². The van der Waals surface area contributed by atoms with Gasteiger partial charge in [0, 0.05) is 133 Å². The Kier molecular flexibility index (Phi) is 40.1. The van der Waals surface area contributed by atoms with Crippen molar-refractivity contribution in [2.45, 2.75) is 141 Å². The van der Waals surface area contributed by atoms with E-state index in [4.69, 9.17) is 52.2 Å². The molecule has 2 amide bonds. The first-order valence-electron chi connectivity index (χ1n) is 34.5. The number of hydrogen-bond donors (Lipinski definition) is 6. The zero-order valence-electron chi connectivity index (χ0n) is 66.7. The molecule has 0 radical (unpaired) electrons. The van der Waals surface area contributed by atoms with Crippen LogP contribution in [0.25, 0.3) is 11.1 Å². The summed E-state index contributed by atoms with van der Waals surface area (Å²) in [6, 6.07) is 52.1. The molecule has 4 atom stereocenters. The number of halogens is 4. The molecule has 5 aromatic heterocycles. The smallest absolute Gasteiger partial charge is 1.00 e. The molecule has 0 bridgehead atoms. The van der Waals surface area contributed by atoms with Gasteiger partial charge < -0.3 is 74.8 Å². The number of pyridine rings is 5. The Bertz CT molecular complexity index is 4820. The largest absolute Gasteiger partial charge is 1.00 e. The van der Waals surface area contributed by atoms with E-state index in [-0.39, 0.29) is 107 Å². The average molecular weight is 1850 g/mol. The minimum Gasteiger partial charge on any atom is -1.00 e. The number of amides is 2. The molecule has 3 fully saturated rings. The number of nitrogen functional groups attached to an aromatic ring is 1. The monoisotopic (exact) mass is 1850 g/mol. The Labute approximate surface area is 737 Å². The van der Waals surface area contributed by atoms with Gasteiger partial charge in [0.2, 0.25) is 5.56 Å². The van der Waals surface area contributed by atoms with Crippen molar-refractivity contribution >= 4 is 105 Å². The summed E-state index contributed by atoms with van der Waals surface area (Å²) >= 11 is 12.8. The van der Waals surface area contributed by atoms with Crippen LogP contribution in [0.15, 0.2) is 243 Å². The Morgan fingerprint density at radius 3 is 1.25 bits per heavy atom. The van der Waals surface area contributed by atoms with Gasteiger partial charge in [-0.05, 0) is 144 Å². The molecule has 0 spiro atoms. The molecule has 12 rings (SSSR count). The number of benzene rings is 4. The van der Waals surface area contributed by atoms with Gasteiger partial charge in [-0.15, -0.1) is 5.34 Å². The average Bonchev–Trinajstić information content (AvgIpc) is 1.68. The number of nitrogens with one attached hydrogen (secondary N) is 1. The molecule has 598 valence electrons. The summed E-state index contributed by atoms with van der Waals surface area (Å²) in [5.74, 6) is 0.541. The van der Waals surface area contributed by atoms with E-state index in [0.717, 1.165) is 62.1 Å². The topological polar surface area (TPSA) is 383 Å². The maximum atomic E-state index is 13.3. The predicted molar refractivity (Wildman–Crippen MR) is 444 cm³/mol. The number of carbonyl (C=O) groups excluding carboxylic acids is 2. The Balaban J connectivity index is 0.000000506. The van der Waals surface area contributed by atoms with Crippen LogP contribution in [0.2, 0.25) is 0 Å². The fraction of sp³-hybridized carbons (Fsp3) is 0.346. The van der Waals surface area contributed by atoms with Crippen molar-refractivity contribution in [3.63, 3.8) is 0 Å². The van der Waals surface area contributed by atoms with Crippen LogP contribution in [0.3, 0.4) is 0 Å². The first-order valence-corrected chi connectivity index (χ1v) is 39.1. The molecule has 9 aromatic rings. The quantitative estimate of drug-likeness (QED) is 0.0289. The summed E-state index contributed by atoms with van der Waals surface area (Å²) in [7, 11) is 0.0734. The van der Waals surface area contributed by atoms with Crippen LogP contribution in [0.4, 0.5) is 15.4 Å². The second-order valence-electron chi connectivity index (χ2n) is 28.3. The third kappa shape index (κ3) is 32.7. The van der Waals surface area contributed by atoms with Gasteiger partial charge in [0.25, 0.3) is 16.7 Å². The van der Waals surface area contributed by atoms with Crippen molar-refractivity contribution in [3.8, 4) is 11.1 Å². The summed E-state index contributed by atoms with van der Waals surface area (Å²) in [6.07, 6.45) is 9.51. The number of aryl methyl sites for hydroxylation is 3. The molecule has 35 heteroatoms. The minimum atomic E-state index is -4.67. The van der Waals surface area contributed by atoms with Crippen molar-refractivity contribution in [1.82, 2.24) is 33.5 Å². The molecule has 27 nitrogen and oxygen atoms in total. The molecule has 4 aromatic carbocycles. The van der Waals surface area contributed by atoms with Crippen molar-refractivity contribution in [3.05, 3.63) is 293 Å². The molecule has 3 aliphatic heterocycles. The SMILES string of the molecule is C[C@@H](c1ccc(-c2ccn(C)c(=O)c2)cc1)N1CC[C@](CC(C)(C)O)(c2ccccc2)OC1=O.C[C@@H](c1ccc(B2OC(C)(C)C(C)(C)O2)cc1)N1CC[C@](CC(C)(C)O)(c2ccccc2)OC1=O.Cn1ccc(Br)cc1=O.Cn1ccc(Br)cc1=O.Nc1cc(Br)ccn1.O=N[O-].O=S(=O)(O)O.O=c1cc(Br)cc[nH]1.[H-].[Na+].[Na+]. The van der Waals surface area contributed by atoms with E-state index in [1.807, 2.05) is 175 Å². The Morgan fingerprint density at radius 1 is 0.575 bits per heavy atom. The number of hydrogen-bond acceptors (Lipinski definition) is 19. The molecular formula is C78H94BBr4N9Na2O18S. The van der Waals surface area contributed by atoms with Gasteiger partial charge in [0.15, 0.2) is 0 Å². The number of nitrogens with two attached hydrogens (primary N) is 1. The van der Waals surface area contributed by atoms with Crippen molar-refractivity contribution < 1.29 is 117 Å². The number of anilines is 1. The minimum absolute atomic E-state index is 0. The van der Waals surface area contributed by atoms with Crippen LogP contribution in [-0.2, 0) is 61.5 Å². The molecule has 3 saturated heterocycles. The van der Waals surface area contributed by atoms with Gasteiger partial charge in [-0.3, -0.25) is 28.3 Å². The number of ether oxygens (including phenoxy) is 2. The summed E-state index contributed by atoms with van der Waals surface area (Å²) < 4.78 is 64.1. The van der Waals surface area contributed by atoms with Gasteiger partial charge in [0.1, 0.15) is 17.0 Å². The van der Waals surface area contributed by atoms with E-state index in [9.17, 15) is 39.0 Å². The zero-order chi connectivity index (χ0) is 83.0. The van der Waals surface area contributed by atoms with Crippen LogP contribution in [0, 0.1) is 10.1 Å². The number of H-pyrrole nitrogens is 1. The fourth-order valence-electron chi connectivity index (χ4n) is 11.6. The van der Waals surface area contributed by atoms with E-state index >= 15 is 0 Å². The number of aromatic amines is 1. The van der Waals surface area contributed by atoms with Gasteiger partial charge in [0.05, 0.1) is 34.5 Å². The Hall–Kier alpha value is -6.74. The fourth-order valence-corrected chi connectivity index (χ4v) is 12.9. The second-order valence-corrected chi connectivity index (χ2v) is 32.9. The van der Waals surface area contributed by atoms with E-state index in [1.165, 1.54) is 31.9 Å². The number of nitrogens with zero attached hydrogens (tertiary/aromatic N) is 7. The number of rotatable bonds is 12. The van der Waals surface area contributed by atoms with Crippen LogP contribution in [-0.4, -0.2) is 116 Å². The van der Waals surface area contributed by atoms with E-state index in [0.29, 0.717) is 44.6 Å². The molecule has 113 heavy (non-hydrogen) atoms. The molecular weight excluding hydrogens is 1760 g/mol. The van der Waals surface area contributed by atoms with Gasteiger partial charge >= 0.3 is 88.8 Å². The molecule has 0 saturated carbocycles. The van der Waals surface area contributed by atoms with E-state index in [1.54, 1.807) is 108 Å². The third-order valence-corrected chi connectivity index (χ3v) is 19.9. The van der Waals surface area contributed by atoms with Crippen LogP contribution in [0.1, 0.15) is 131 Å². The first kappa shape index (κ1) is 100. The van der Waals surface area contributed by atoms with Gasteiger partial charge in [-0.1, -0.05) is 173 Å². The van der Waals surface area contributed by atoms with Crippen LogP contribution >= 0.6 is 63.7 Å². The predicted octanol–water partition coefficient (Wildman–Crippen LogP) is 8.54. The molecule has 7 N–H and O–H groups in total. The van der Waals surface area contributed by atoms with Crippen LogP contribution < -0.4 is 92.5 Å². The maximum Gasteiger partial charge on any atom is 1.00 e. The zero-order valence-corrected chi connectivity index (χ0v) is 76.8. The number of aromatic nitrogens is 5. The van der Waals surface area contributed by atoms with Gasteiger partial charge in [-0.25, -0.2) is 14.6 Å². The van der Waals surface area contributed by atoms with Gasteiger partial charge in [-0.2, -0.15) is 8.42 Å². The van der Waals surface area contributed by atoms with E-state index < -0.39 is 51.1 Å². The molecule has 0 unspecified atom stereocenters. The summed E-state index contributed by atoms with van der Waals surface area (Å²) in [5.41, 5.74) is 7.28. The number of aliphatic hydroxyl groups is 2. The summed E-state index contributed by atoms with van der Waals surface area (Å²) in [5, 5.41) is 30.2. The molecule has 3 aliphatic rings. The first-order chi connectivity index (χ1) is 51.7. The number of cyclic esters (lactones) is 2. The standard InChI is InChI=1S/C28H38BNO5.C28H32N2O4.2C6H6BrNO.C5H5BrN2.C5H4BrNO.HNO2.2Na.H2O4S.H/c1-20(21-13-15-23(16-14-21)29-34-26(4,5)27(6,7)35-29)30-18-17-28(33-24(30)31,19-25(2,3)32)22-11-9-8-10-12-22;1-20(21-10-12-22(13-11-21)23-14-16-29(4)25(31)18-23)30-17-15-28(34-26(30)32,19-27(2,3)33)24-8-6-5-7-9-24;2*1-8-3-2-5(7)4-6(8)9;6-4-1-2-8-5(7)3-4;6-4-1-2-7-5(8)3-4;2-1-3;;;1-5(2,3)4;/h8-16,20,32H,17-19H2,1-7H3;5-14,16,18,20,33H,15,17,19H2,1-4H3;2*2-4H,1H3;1-3H,(H2,7,8);1-3H,(H,7,8);(H,2,3);;;(H2,1,2,3,4);/q;;;;;;;2*+1;;-1/p-1/t2*20-,28-;;;;;;;;;/m00........./s1. The van der Waals surface area contributed by atoms with Crippen molar-refractivity contribution in [2.75, 3.05) is 18.8 Å². The maximum absolute atomic E-state index is 13.3. The van der Waals surface area contributed by atoms with E-state index in [2.05, 4.69) is 73.7 Å². The Morgan fingerprint density at radius 2 is 0.938 bits per heavy atom. The molecule has 8 heterocycles. The second kappa shape index (κ2) is 45.1. The molecule has 0 aliphatic carbocycles. The summed E-state index contributed by atoms with van der Waals surface area (Å²) in [4.78, 5) is 88.2. The number of carbonyl (C=O) groups is 2. The van der Waals surface area contributed by atoms with Crippen LogP contribution in [0.5, 0.6) is 0 Å². The normalized spacial score (nSPS) is 17.0. The van der Waals surface area contributed by atoms with Crippen molar-refractivity contribution in [2.24, 2.45) is 26.5 Å². The summed E-state index contributed by atoms with van der Waals surface area (Å²) in [6.45, 7) is 20.2.